The number of hydrogen-bond donors (Lipinski definition) is 0. The third-order valence-corrected chi connectivity index (χ3v) is 4.71. The molecular weight excluding hydrogens is 325 g/mol. The number of aryl methyl sites for hydroxylation is 2. The van der Waals surface area contributed by atoms with E-state index in [2.05, 4.69) is 4.98 Å². The Kier molecular flexibility index (Phi) is 4.49. The van der Waals surface area contributed by atoms with E-state index in [0.29, 0.717) is 12.1 Å². The molecule has 0 radical (unpaired) electrons. The molecule has 1 aromatic carbocycles. The summed E-state index contributed by atoms with van der Waals surface area (Å²) in [4.78, 5) is 20.5. The van der Waals surface area contributed by atoms with Gasteiger partial charge in [-0.15, -0.1) is 11.3 Å². The van der Waals surface area contributed by atoms with Crippen LogP contribution in [-0.2, 0) is 11.3 Å². The van der Waals surface area contributed by atoms with Gasteiger partial charge in [0.25, 0.3) is 0 Å². The predicted octanol–water partition coefficient (Wildman–Crippen LogP) is 3.82. The van der Waals surface area contributed by atoms with Crippen LogP contribution in [0.4, 0.5) is 4.39 Å². The van der Waals surface area contributed by atoms with Gasteiger partial charge in [-0.3, -0.25) is 9.20 Å². The first kappa shape index (κ1) is 16.4. The predicted molar refractivity (Wildman–Crippen MR) is 94.5 cm³/mol. The van der Waals surface area contributed by atoms with Crippen molar-refractivity contribution in [2.45, 2.75) is 20.4 Å². The van der Waals surface area contributed by atoms with Crippen LogP contribution in [-0.4, -0.2) is 27.2 Å². The van der Waals surface area contributed by atoms with Gasteiger partial charge < -0.3 is 4.90 Å². The zero-order valence-corrected chi connectivity index (χ0v) is 14.6. The van der Waals surface area contributed by atoms with Gasteiger partial charge in [-0.2, -0.15) is 0 Å². The third kappa shape index (κ3) is 3.23. The molecular formula is C18H18FN3OS. The SMILES string of the molecule is Cc1cn2c(CN(C)C(=O)/C=C/c3ccccc3F)c(C)nc2s1. The number of fused-ring (bicyclic) bond motifs is 1. The molecule has 124 valence electrons. The minimum atomic E-state index is -0.341. The van der Waals surface area contributed by atoms with Crippen LogP contribution in [0.15, 0.2) is 36.5 Å². The lowest BCUT2D eigenvalue weighted by Crippen LogP contribution is -2.25. The van der Waals surface area contributed by atoms with Gasteiger partial charge >= 0.3 is 0 Å². The summed E-state index contributed by atoms with van der Waals surface area (Å²) in [6.45, 7) is 4.42. The molecule has 0 spiro atoms. The second-order valence-electron chi connectivity index (χ2n) is 5.69. The van der Waals surface area contributed by atoms with E-state index in [9.17, 15) is 9.18 Å². The first-order valence-electron chi connectivity index (χ1n) is 7.57. The summed E-state index contributed by atoms with van der Waals surface area (Å²) in [6, 6.07) is 6.37. The van der Waals surface area contributed by atoms with E-state index in [0.717, 1.165) is 16.3 Å². The third-order valence-electron chi connectivity index (χ3n) is 3.81. The normalized spacial score (nSPS) is 11.5. The van der Waals surface area contributed by atoms with Gasteiger partial charge in [-0.05, 0) is 26.0 Å². The highest BCUT2D eigenvalue weighted by molar-refractivity contribution is 7.17. The number of carbonyl (C=O) groups is 1. The molecule has 0 bridgehead atoms. The highest BCUT2D eigenvalue weighted by atomic mass is 32.1. The van der Waals surface area contributed by atoms with Crippen molar-refractivity contribution in [2.75, 3.05) is 7.05 Å². The molecule has 24 heavy (non-hydrogen) atoms. The first-order valence-corrected chi connectivity index (χ1v) is 8.39. The molecule has 0 aliphatic rings. The Morgan fingerprint density at radius 2 is 2.12 bits per heavy atom. The van der Waals surface area contributed by atoms with Crippen molar-refractivity contribution in [3.8, 4) is 0 Å². The van der Waals surface area contributed by atoms with Gasteiger partial charge in [0.2, 0.25) is 5.91 Å². The van der Waals surface area contributed by atoms with E-state index in [1.807, 2.05) is 24.4 Å². The van der Waals surface area contributed by atoms with Crippen LogP contribution in [0.5, 0.6) is 0 Å². The lowest BCUT2D eigenvalue weighted by molar-refractivity contribution is -0.125. The Balaban J connectivity index is 1.76. The van der Waals surface area contributed by atoms with E-state index in [4.69, 9.17) is 0 Å². The van der Waals surface area contributed by atoms with Crippen LogP contribution in [0.2, 0.25) is 0 Å². The average molecular weight is 343 g/mol. The summed E-state index contributed by atoms with van der Waals surface area (Å²) in [5, 5.41) is 0. The Labute approximate surface area is 143 Å². The maximum Gasteiger partial charge on any atom is 0.246 e. The van der Waals surface area contributed by atoms with E-state index in [1.54, 1.807) is 41.5 Å². The van der Waals surface area contributed by atoms with Gasteiger partial charge in [0, 0.05) is 29.8 Å². The number of amides is 1. The zero-order valence-electron chi connectivity index (χ0n) is 13.8. The Hall–Kier alpha value is -2.47. The number of thiazole rings is 1. The first-order chi connectivity index (χ1) is 11.5. The molecule has 1 amide bonds. The smallest absolute Gasteiger partial charge is 0.246 e. The second-order valence-corrected chi connectivity index (χ2v) is 6.90. The van der Waals surface area contributed by atoms with Gasteiger partial charge in [-0.25, -0.2) is 9.37 Å². The highest BCUT2D eigenvalue weighted by Crippen LogP contribution is 2.21. The standard InChI is InChI=1S/C18H18FN3OS/c1-12-10-22-16(13(2)20-18(22)24-12)11-21(3)17(23)9-8-14-6-4-5-7-15(14)19/h4-10H,11H2,1-3H3/b9-8+. The fraction of sp³-hybridized carbons (Fsp3) is 0.222. The monoisotopic (exact) mass is 343 g/mol. The lowest BCUT2D eigenvalue weighted by Gasteiger charge is -2.15. The molecule has 0 saturated heterocycles. The number of likely N-dealkylation sites (N-methyl/N-ethyl adjacent to an activating group) is 1. The van der Waals surface area contributed by atoms with Crippen molar-refractivity contribution in [1.29, 1.82) is 0 Å². The van der Waals surface area contributed by atoms with E-state index in [-0.39, 0.29) is 11.7 Å². The minimum Gasteiger partial charge on any atom is -0.336 e. The fourth-order valence-corrected chi connectivity index (χ4v) is 3.39. The molecule has 2 heterocycles. The molecule has 0 N–H and O–H groups in total. The molecule has 0 aliphatic heterocycles. The fourth-order valence-electron chi connectivity index (χ4n) is 2.50. The number of benzene rings is 1. The summed E-state index contributed by atoms with van der Waals surface area (Å²) in [5.41, 5.74) is 2.30. The Bertz CT molecular complexity index is 926. The number of aromatic nitrogens is 2. The number of carbonyl (C=O) groups excluding carboxylic acids is 1. The van der Waals surface area contributed by atoms with Gasteiger partial charge in [0.15, 0.2) is 4.96 Å². The molecule has 4 nitrogen and oxygen atoms in total. The van der Waals surface area contributed by atoms with Crippen molar-refractivity contribution in [2.24, 2.45) is 0 Å². The molecule has 0 saturated carbocycles. The largest absolute Gasteiger partial charge is 0.336 e. The van der Waals surface area contributed by atoms with E-state index < -0.39 is 0 Å². The maximum absolute atomic E-state index is 13.6. The molecule has 6 heteroatoms. The summed E-state index contributed by atoms with van der Waals surface area (Å²) in [6.07, 6.45) is 4.93. The van der Waals surface area contributed by atoms with Gasteiger partial charge in [0.1, 0.15) is 5.82 Å². The minimum absolute atomic E-state index is 0.181. The van der Waals surface area contributed by atoms with Gasteiger partial charge in [-0.1, -0.05) is 18.2 Å². The van der Waals surface area contributed by atoms with Crippen LogP contribution < -0.4 is 0 Å². The van der Waals surface area contributed by atoms with Crippen molar-refractivity contribution in [1.82, 2.24) is 14.3 Å². The van der Waals surface area contributed by atoms with E-state index >= 15 is 0 Å². The van der Waals surface area contributed by atoms with Crippen LogP contribution in [0.25, 0.3) is 11.0 Å². The van der Waals surface area contributed by atoms with Crippen molar-refractivity contribution >= 4 is 28.3 Å². The quantitative estimate of drug-likeness (QED) is 0.675. The molecule has 0 fully saturated rings. The Morgan fingerprint density at radius 3 is 2.88 bits per heavy atom. The number of imidazole rings is 1. The number of halogens is 1. The molecule has 0 aliphatic carbocycles. The Morgan fingerprint density at radius 1 is 1.38 bits per heavy atom. The maximum atomic E-state index is 13.6. The second kappa shape index (κ2) is 6.57. The van der Waals surface area contributed by atoms with Crippen LogP contribution in [0.3, 0.4) is 0 Å². The summed E-state index contributed by atoms with van der Waals surface area (Å²) < 4.78 is 15.6. The molecule has 3 aromatic rings. The summed E-state index contributed by atoms with van der Waals surface area (Å²) in [5.74, 6) is -0.522. The average Bonchev–Trinajstić information content (AvgIpc) is 3.03. The van der Waals surface area contributed by atoms with Crippen molar-refractivity contribution in [3.63, 3.8) is 0 Å². The summed E-state index contributed by atoms with van der Waals surface area (Å²) >= 11 is 1.62. The number of hydrogen-bond acceptors (Lipinski definition) is 3. The van der Waals surface area contributed by atoms with Crippen LogP contribution >= 0.6 is 11.3 Å². The van der Waals surface area contributed by atoms with Gasteiger partial charge in [0.05, 0.1) is 17.9 Å². The highest BCUT2D eigenvalue weighted by Gasteiger charge is 2.15. The zero-order chi connectivity index (χ0) is 17.3. The number of nitrogens with zero attached hydrogens (tertiary/aromatic N) is 3. The van der Waals surface area contributed by atoms with Crippen molar-refractivity contribution in [3.05, 3.63) is 64.2 Å². The summed E-state index contributed by atoms with van der Waals surface area (Å²) in [7, 11) is 1.73. The molecule has 0 unspecified atom stereocenters. The van der Waals surface area contributed by atoms with Crippen molar-refractivity contribution < 1.29 is 9.18 Å². The topological polar surface area (TPSA) is 37.6 Å². The molecule has 2 aromatic heterocycles. The van der Waals surface area contributed by atoms with Crippen LogP contribution in [0.1, 0.15) is 21.8 Å². The van der Waals surface area contributed by atoms with E-state index in [1.165, 1.54) is 23.1 Å². The lowest BCUT2D eigenvalue weighted by atomic mass is 10.2. The van der Waals surface area contributed by atoms with Crippen LogP contribution in [0, 0.1) is 19.7 Å². The number of rotatable bonds is 4. The molecule has 0 atom stereocenters. The molecule has 3 rings (SSSR count).